The molecular formula is C23H26N4O3S. The second kappa shape index (κ2) is 10.3. The van der Waals surface area contributed by atoms with E-state index in [1.54, 1.807) is 13.3 Å². The Morgan fingerprint density at radius 1 is 1.13 bits per heavy atom. The Hall–Kier alpha value is -3.10. The Labute approximate surface area is 186 Å². The van der Waals surface area contributed by atoms with Gasteiger partial charge in [-0.1, -0.05) is 23.5 Å². The minimum absolute atomic E-state index is 0.110. The minimum Gasteiger partial charge on any atom is -0.497 e. The third-order valence-electron chi connectivity index (χ3n) is 5.08. The number of nitrogens with one attached hydrogen (secondary N) is 2. The van der Waals surface area contributed by atoms with Gasteiger partial charge in [-0.05, 0) is 48.4 Å². The highest BCUT2D eigenvalue weighted by atomic mass is 32.1. The number of hydrogen-bond donors (Lipinski definition) is 2. The number of anilines is 3. The number of carbonyl (C=O) groups is 1. The predicted octanol–water partition coefficient (Wildman–Crippen LogP) is 3.70. The number of hydrogen-bond acceptors (Lipinski definition) is 7. The molecule has 1 aliphatic heterocycles. The van der Waals surface area contributed by atoms with Crippen molar-refractivity contribution in [2.24, 2.45) is 0 Å². The Morgan fingerprint density at radius 3 is 2.58 bits per heavy atom. The first-order valence-electron chi connectivity index (χ1n) is 10.3. The van der Waals surface area contributed by atoms with Crippen LogP contribution in [0.4, 0.5) is 16.5 Å². The Kier molecular flexibility index (Phi) is 7.01. The quantitative estimate of drug-likeness (QED) is 0.559. The van der Waals surface area contributed by atoms with Crippen molar-refractivity contribution < 1.29 is 14.3 Å². The van der Waals surface area contributed by atoms with Crippen molar-refractivity contribution in [1.29, 1.82) is 0 Å². The summed E-state index contributed by atoms with van der Waals surface area (Å²) in [7, 11) is 1.65. The second-order valence-corrected chi connectivity index (χ2v) is 8.19. The fourth-order valence-electron chi connectivity index (χ4n) is 3.34. The van der Waals surface area contributed by atoms with Gasteiger partial charge in [-0.25, -0.2) is 4.98 Å². The number of carbonyl (C=O) groups excluding carboxylic acids is 1. The molecule has 2 heterocycles. The maximum Gasteiger partial charge on any atom is 0.263 e. The van der Waals surface area contributed by atoms with Crippen LogP contribution in [0.1, 0.15) is 15.2 Å². The van der Waals surface area contributed by atoms with Crippen molar-refractivity contribution in [3.05, 3.63) is 65.2 Å². The first-order chi connectivity index (χ1) is 15.2. The lowest BCUT2D eigenvalue weighted by Crippen LogP contribution is -2.36. The van der Waals surface area contributed by atoms with Crippen LogP contribution in [0, 0.1) is 0 Å². The van der Waals surface area contributed by atoms with Gasteiger partial charge in [0.05, 0.1) is 26.5 Å². The summed E-state index contributed by atoms with van der Waals surface area (Å²) < 4.78 is 10.6. The van der Waals surface area contributed by atoms with E-state index in [-0.39, 0.29) is 5.91 Å². The lowest BCUT2D eigenvalue weighted by atomic mass is 10.1. The van der Waals surface area contributed by atoms with E-state index < -0.39 is 0 Å². The Bertz CT molecular complexity index is 983. The highest BCUT2D eigenvalue weighted by Gasteiger charge is 2.12. The van der Waals surface area contributed by atoms with E-state index in [0.717, 1.165) is 49.7 Å². The SMILES string of the molecule is COc1ccc(CCNC(=O)c2cnc(Nc3ccc(N4CCOCC4)cc3)s2)cc1. The molecule has 4 rings (SSSR count). The molecule has 1 amide bonds. The summed E-state index contributed by atoms with van der Waals surface area (Å²) in [6, 6.07) is 16.1. The molecule has 2 N–H and O–H groups in total. The molecule has 0 saturated carbocycles. The number of benzene rings is 2. The maximum atomic E-state index is 12.4. The number of nitrogens with zero attached hydrogens (tertiary/aromatic N) is 2. The molecule has 1 saturated heterocycles. The van der Waals surface area contributed by atoms with Crippen LogP contribution in [0.15, 0.2) is 54.7 Å². The minimum atomic E-state index is -0.110. The standard InChI is InChI=1S/C23H26N4O3S/c1-29-20-8-2-17(3-9-20)10-11-24-22(28)21-16-25-23(31-21)26-18-4-6-19(7-5-18)27-12-14-30-15-13-27/h2-9,16H,10-15H2,1H3,(H,24,28)(H,25,26). The van der Waals surface area contributed by atoms with Crippen LogP contribution in [0.25, 0.3) is 0 Å². The van der Waals surface area contributed by atoms with E-state index in [9.17, 15) is 4.79 Å². The summed E-state index contributed by atoms with van der Waals surface area (Å²) in [6.45, 7) is 3.93. The molecule has 0 aliphatic carbocycles. The molecule has 0 spiro atoms. The highest BCUT2D eigenvalue weighted by molar-refractivity contribution is 7.17. The number of rotatable bonds is 8. The van der Waals surface area contributed by atoms with Crippen molar-refractivity contribution in [1.82, 2.24) is 10.3 Å². The number of ether oxygens (including phenoxy) is 2. The molecule has 7 nitrogen and oxygen atoms in total. The molecule has 2 aromatic carbocycles. The average molecular weight is 439 g/mol. The van der Waals surface area contributed by atoms with Gasteiger partial charge < -0.3 is 25.0 Å². The Morgan fingerprint density at radius 2 is 1.87 bits per heavy atom. The molecule has 8 heteroatoms. The third-order valence-corrected chi connectivity index (χ3v) is 5.99. The van der Waals surface area contributed by atoms with E-state index >= 15 is 0 Å². The molecular weight excluding hydrogens is 412 g/mol. The van der Waals surface area contributed by atoms with Gasteiger partial charge in [0.15, 0.2) is 5.13 Å². The number of morpholine rings is 1. The summed E-state index contributed by atoms with van der Waals surface area (Å²) in [5.74, 6) is 0.718. The van der Waals surface area contributed by atoms with Crippen LogP contribution >= 0.6 is 11.3 Å². The molecule has 162 valence electrons. The van der Waals surface area contributed by atoms with Crippen molar-refractivity contribution in [2.75, 3.05) is 50.2 Å². The van der Waals surface area contributed by atoms with E-state index in [2.05, 4.69) is 32.7 Å². The van der Waals surface area contributed by atoms with Crippen molar-refractivity contribution >= 4 is 33.8 Å². The van der Waals surface area contributed by atoms with Crippen LogP contribution in [0.3, 0.4) is 0 Å². The summed E-state index contributed by atoms with van der Waals surface area (Å²) in [5.41, 5.74) is 3.27. The zero-order valence-corrected chi connectivity index (χ0v) is 18.3. The van der Waals surface area contributed by atoms with E-state index in [1.165, 1.54) is 17.0 Å². The molecule has 0 bridgehead atoms. The van der Waals surface area contributed by atoms with Gasteiger partial charge in [0, 0.05) is 31.0 Å². The zero-order chi connectivity index (χ0) is 21.5. The molecule has 1 fully saturated rings. The third kappa shape index (κ3) is 5.74. The smallest absolute Gasteiger partial charge is 0.263 e. The first-order valence-corrected chi connectivity index (χ1v) is 11.1. The monoisotopic (exact) mass is 438 g/mol. The summed E-state index contributed by atoms with van der Waals surface area (Å²) in [6.07, 6.45) is 2.37. The molecule has 0 atom stereocenters. The van der Waals surface area contributed by atoms with Crippen LogP contribution in [0.5, 0.6) is 5.75 Å². The second-order valence-electron chi connectivity index (χ2n) is 7.15. The fourth-order valence-corrected chi connectivity index (χ4v) is 4.09. The molecule has 0 unspecified atom stereocenters. The van der Waals surface area contributed by atoms with Gasteiger partial charge >= 0.3 is 0 Å². The van der Waals surface area contributed by atoms with Gasteiger partial charge in [0.1, 0.15) is 10.6 Å². The van der Waals surface area contributed by atoms with Gasteiger partial charge in [0.2, 0.25) is 0 Å². The van der Waals surface area contributed by atoms with E-state index in [4.69, 9.17) is 9.47 Å². The average Bonchev–Trinajstić information content (AvgIpc) is 3.29. The molecule has 1 aliphatic rings. The normalized spacial score (nSPS) is 13.6. The molecule has 3 aromatic rings. The van der Waals surface area contributed by atoms with Gasteiger partial charge in [-0.3, -0.25) is 4.79 Å². The van der Waals surface area contributed by atoms with Crippen molar-refractivity contribution in [3.63, 3.8) is 0 Å². The summed E-state index contributed by atoms with van der Waals surface area (Å²) in [4.78, 5) is 19.6. The van der Waals surface area contributed by atoms with Crippen molar-refractivity contribution in [3.8, 4) is 5.75 Å². The predicted molar refractivity (Wildman–Crippen MR) is 124 cm³/mol. The summed E-state index contributed by atoms with van der Waals surface area (Å²) in [5, 5.41) is 6.92. The maximum absolute atomic E-state index is 12.4. The van der Waals surface area contributed by atoms with Crippen molar-refractivity contribution in [2.45, 2.75) is 6.42 Å². The molecule has 0 radical (unpaired) electrons. The lowest BCUT2D eigenvalue weighted by molar-refractivity contribution is 0.0958. The largest absolute Gasteiger partial charge is 0.497 e. The lowest BCUT2D eigenvalue weighted by Gasteiger charge is -2.28. The van der Waals surface area contributed by atoms with Gasteiger partial charge in [-0.2, -0.15) is 0 Å². The summed E-state index contributed by atoms with van der Waals surface area (Å²) >= 11 is 1.34. The molecule has 1 aromatic heterocycles. The number of amides is 1. The number of methoxy groups -OCH3 is 1. The number of aromatic nitrogens is 1. The highest BCUT2D eigenvalue weighted by Crippen LogP contribution is 2.25. The zero-order valence-electron chi connectivity index (χ0n) is 17.5. The Balaban J connectivity index is 1.26. The van der Waals surface area contributed by atoms with Gasteiger partial charge in [0.25, 0.3) is 5.91 Å². The van der Waals surface area contributed by atoms with E-state index in [1.807, 2.05) is 36.4 Å². The van der Waals surface area contributed by atoms with Crippen LogP contribution in [0.2, 0.25) is 0 Å². The van der Waals surface area contributed by atoms with Crippen LogP contribution < -0.4 is 20.3 Å². The number of thiazole rings is 1. The van der Waals surface area contributed by atoms with E-state index in [0.29, 0.717) is 16.6 Å². The van der Waals surface area contributed by atoms with Gasteiger partial charge in [-0.15, -0.1) is 0 Å². The topological polar surface area (TPSA) is 75.7 Å². The van der Waals surface area contributed by atoms with Crippen LogP contribution in [-0.4, -0.2) is 50.8 Å². The first kappa shape index (κ1) is 21.1. The molecule has 31 heavy (non-hydrogen) atoms. The van der Waals surface area contributed by atoms with Crippen LogP contribution in [-0.2, 0) is 11.2 Å². The fraction of sp³-hybridized carbons (Fsp3) is 0.304.